The lowest BCUT2D eigenvalue weighted by Gasteiger charge is -2.41. The van der Waals surface area contributed by atoms with Gasteiger partial charge in [0.05, 0.1) is 35.8 Å². The second-order valence-electron chi connectivity index (χ2n) is 9.59. The van der Waals surface area contributed by atoms with Crippen LogP contribution in [0.1, 0.15) is 40.5 Å². The Morgan fingerprint density at radius 2 is 1.97 bits per heavy atom. The number of aliphatic hydroxyl groups is 1. The van der Waals surface area contributed by atoms with Gasteiger partial charge in [-0.1, -0.05) is 44.6 Å². The van der Waals surface area contributed by atoms with Gasteiger partial charge in [-0.05, 0) is 26.2 Å². The zero-order valence-corrected chi connectivity index (χ0v) is 20.1. The summed E-state index contributed by atoms with van der Waals surface area (Å²) in [5.41, 5.74) is 0. The number of hydrogen-bond donors (Lipinski definition) is 1. The van der Waals surface area contributed by atoms with Gasteiger partial charge in [0.2, 0.25) is 11.8 Å². The van der Waals surface area contributed by atoms with Crippen LogP contribution >= 0.6 is 11.8 Å². The molecule has 0 aliphatic carbocycles. The Morgan fingerprint density at radius 3 is 2.62 bits per heavy atom. The predicted molar refractivity (Wildman–Crippen MR) is 123 cm³/mol. The smallest absolute Gasteiger partial charge is 0.311 e. The highest BCUT2D eigenvalue weighted by molar-refractivity contribution is 8.02. The van der Waals surface area contributed by atoms with Crippen LogP contribution < -0.4 is 0 Å². The summed E-state index contributed by atoms with van der Waals surface area (Å²) in [6.45, 7) is 8.49. The van der Waals surface area contributed by atoms with Crippen LogP contribution in [0.5, 0.6) is 0 Å². The first-order valence-corrected chi connectivity index (χ1v) is 12.6. The van der Waals surface area contributed by atoms with Crippen molar-refractivity contribution in [1.29, 1.82) is 0 Å². The summed E-state index contributed by atoms with van der Waals surface area (Å²) in [5, 5.41) is 10.1. The third-order valence-electron chi connectivity index (χ3n) is 7.56. The molecule has 0 aromatic rings. The maximum absolute atomic E-state index is 14.1. The Balaban J connectivity index is 1.88. The number of fused-ring (bicyclic) bond motifs is 2. The van der Waals surface area contributed by atoms with Crippen molar-refractivity contribution in [3.63, 3.8) is 0 Å². The molecule has 2 fully saturated rings. The molecule has 2 amide bonds. The second kappa shape index (κ2) is 8.86. The van der Waals surface area contributed by atoms with Gasteiger partial charge < -0.3 is 19.6 Å². The molecule has 0 aromatic heterocycles. The molecule has 0 saturated carbocycles. The fourth-order valence-electron chi connectivity index (χ4n) is 5.70. The molecule has 8 heteroatoms. The van der Waals surface area contributed by atoms with Gasteiger partial charge in [0, 0.05) is 17.8 Å². The minimum atomic E-state index is -0.859. The van der Waals surface area contributed by atoms with Crippen molar-refractivity contribution in [2.24, 2.45) is 17.8 Å². The predicted octanol–water partition coefficient (Wildman–Crippen LogP) is 2.00. The Hall–Kier alpha value is -1.80. The number of carbonyl (C=O) groups excluding carboxylic acids is 3. The fourth-order valence-corrected chi connectivity index (χ4v) is 7.69. The van der Waals surface area contributed by atoms with Crippen molar-refractivity contribution in [1.82, 2.24) is 9.80 Å². The van der Waals surface area contributed by atoms with Crippen molar-refractivity contribution >= 4 is 29.5 Å². The number of thioether (sulfide) groups is 1. The molecule has 1 spiro atoms. The molecule has 7 atom stereocenters. The van der Waals surface area contributed by atoms with Gasteiger partial charge in [0.25, 0.3) is 0 Å². The number of hydrogen-bond acceptors (Lipinski definition) is 6. The Labute approximate surface area is 194 Å². The van der Waals surface area contributed by atoms with Crippen molar-refractivity contribution in [3.8, 4) is 0 Å². The van der Waals surface area contributed by atoms with Crippen LogP contribution in [0, 0.1) is 17.8 Å². The molecule has 1 N–H and O–H groups in total. The summed E-state index contributed by atoms with van der Waals surface area (Å²) in [6, 6.07) is -1.27. The number of likely N-dealkylation sites (tertiary alicyclic amines) is 1. The van der Waals surface area contributed by atoms with Crippen LogP contribution in [0.15, 0.2) is 24.3 Å². The highest BCUT2D eigenvalue weighted by Gasteiger charge is 2.72. The molecule has 176 valence electrons. The Morgan fingerprint density at radius 1 is 1.22 bits per heavy atom. The minimum absolute atomic E-state index is 0.0114. The number of ether oxygens (including phenoxy) is 1. The van der Waals surface area contributed by atoms with Crippen LogP contribution in [0.25, 0.3) is 0 Å². The second-order valence-corrected chi connectivity index (χ2v) is 11.1. The van der Waals surface area contributed by atoms with E-state index < -0.39 is 28.7 Å². The highest BCUT2D eigenvalue weighted by atomic mass is 32.2. The van der Waals surface area contributed by atoms with E-state index in [1.807, 2.05) is 52.0 Å². The molecule has 2 saturated heterocycles. The molecule has 7 nitrogen and oxygen atoms in total. The molecule has 4 heterocycles. The number of nitrogens with zero attached hydrogens (tertiary/aromatic N) is 2. The van der Waals surface area contributed by atoms with Crippen LogP contribution in [0.4, 0.5) is 0 Å². The number of amides is 2. The molecule has 1 unspecified atom stereocenters. The number of carbonyl (C=O) groups is 3. The molecule has 32 heavy (non-hydrogen) atoms. The van der Waals surface area contributed by atoms with Gasteiger partial charge in [-0.25, -0.2) is 0 Å². The van der Waals surface area contributed by atoms with E-state index >= 15 is 0 Å². The summed E-state index contributed by atoms with van der Waals surface area (Å²) in [4.78, 5) is 44.5. The van der Waals surface area contributed by atoms with E-state index in [4.69, 9.17) is 4.74 Å². The summed E-state index contributed by atoms with van der Waals surface area (Å²) in [5.74, 6) is -2.01. The highest BCUT2D eigenvalue weighted by Crippen LogP contribution is 2.61. The van der Waals surface area contributed by atoms with E-state index in [1.165, 1.54) is 0 Å². The molecule has 4 aliphatic rings. The minimum Gasteiger partial charge on any atom is -0.465 e. The first-order chi connectivity index (χ1) is 15.3. The number of rotatable bonds is 5. The maximum Gasteiger partial charge on any atom is 0.311 e. The van der Waals surface area contributed by atoms with Crippen molar-refractivity contribution < 1.29 is 24.2 Å². The summed E-state index contributed by atoms with van der Waals surface area (Å²) in [7, 11) is 0. The summed E-state index contributed by atoms with van der Waals surface area (Å²) < 4.78 is 4.64. The van der Waals surface area contributed by atoms with Gasteiger partial charge in [-0.3, -0.25) is 14.4 Å². The average Bonchev–Trinajstić information content (AvgIpc) is 3.12. The molecule has 0 radical (unpaired) electrons. The van der Waals surface area contributed by atoms with E-state index in [0.29, 0.717) is 19.6 Å². The van der Waals surface area contributed by atoms with Crippen LogP contribution in [0.3, 0.4) is 0 Å². The lowest BCUT2D eigenvalue weighted by molar-refractivity contribution is -0.154. The summed E-state index contributed by atoms with van der Waals surface area (Å²) in [6.07, 6.45) is 9.40. The van der Waals surface area contributed by atoms with E-state index in [2.05, 4.69) is 0 Å². The van der Waals surface area contributed by atoms with E-state index in [1.54, 1.807) is 21.6 Å². The SMILES string of the molecule is CC[C@H](C)[C@H](CO)N1C(=O)[C@@H]2[C@H]3C(=O)OCCC=C[C@H]3S[C@@]23C=CCN(C(C)C)C(=O)C13. The molecular formula is C24H34N2O5S. The lowest BCUT2D eigenvalue weighted by atomic mass is 9.78. The molecule has 0 bridgehead atoms. The first kappa shape index (κ1) is 23.4. The molecule has 4 rings (SSSR count). The third kappa shape index (κ3) is 3.41. The maximum atomic E-state index is 14.1. The standard InChI is InChI=1S/C24H34N2O5S/c1-5-15(4)16(13-27)26-20-22(29)25(14(2)3)11-8-10-24(20)19(21(26)28)18-17(32-24)9-6-7-12-31-23(18)30/h6,8-10,14-20,27H,5,7,11-13H2,1-4H3/t15-,16-,17+,18-,19-,20?,24-/m0/s1. The Bertz CT molecular complexity index is 842. The number of cyclic esters (lactones) is 1. The zero-order valence-electron chi connectivity index (χ0n) is 19.3. The number of esters is 1. The monoisotopic (exact) mass is 462 g/mol. The van der Waals surface area contributed by atoms with Gasteiger partial charge in [0.1, 0.15) is 6.04 Å². The van der Waals surface area contributed by atoms with Gasteiger partial charge in [-0.15, -0.1) is 11.8 Å². The molecular weight excluding hydrogens is 428 g/mol. The number of aliphatic hydroxyl groups excluding tert-OH is 1. The van der Waals surface area contributed by atoms with Crippen molar-refractivity contribution in [2.45, 2.75) is 68.7 Å². The largest absolute Gasteiger partial charge is 0.465 e. The van der Waals surface area contributed by atoms with E-state index in [9.17, 15) is 19.5 Å². The molecule has 4 aliphatic heterocycles. The van der Waals surface area contributed by atoms with Crippen molar-refractivity contribution in [2.75, 3.05) is 19.8 Å². The van der Waals surface area contributed by atoms with Crippen molar-refractivity contribution in [3.05, 3.63) is 24.3 Å². The topological polar surface area (TPSA) is 87.2 Å². The third-order valence-corrected chi connectivity index (χ3v) is 9.30. The average molecular weight is 463 g/mol. The van der Waals surface area contributed by atoms with Gasteiger partial charge in [-0.2, -0.15) is 0 Å². The van der Waals surface area contributed by atoms with Crippen LogP contribution in [0.2, 0.25) is 0 Å². The van der Waals surface area contributed by atoms with Crippen LogP contribution in [-0.2, 0) is 19.1 Å². The Kier molecular flexibility index (Phi) is 6.47. The quantitative estimate of drug-likeness (QED) is 0.497. The lowest BCUT2D eigenvalue weighted by Crippen LogP contribution is -2.58. The summed E-state index contributed by atoms with van der Waals surface area (Å²) >= 11 is 1.54. The van der Waals surface area contributed by atoms with Crippen LogP contribution in [-0.4, -0.2) is 80.6 Å². The fraction of sp³-hybridized carbons (Fsp3) is 0.708. The van der Waals surface area contributed by atoms with Gasteiger partial charge >= 0.3 is 5.97 Å². The molecule has 0 aromatic carbocycles. The van der Waals surface area contributed by atoms with E-state index in [0.717, 1.165) is 6.42 Å². The van der Waals surface area contributed by atoms with Gasteiger partial charge in [0.15, 0.2) is 0 Å². The normalized spacial score (nSPS) is 36.2. The van der Waals surface area contributed by atoms with E-state index in [-0.39, 0.29) is 41.6 Å². The zero-order chi connectivity index (χ0) is 23.2. The first-order valence-electron chi connectivity index (χ1n) is 11.7.